The molecule has 8 nitrogen and oxygen atoms in total. The minimum atomic E-state index is -1.32. The largest absolute Gasteiger partial charge is 0.356 e. The van der Waals surface area contributed by atoms with Gasteiger partial charge in [-0.2, -0.15) is 0 Å². The van der Waals surface area contributed by atoms with Crippen LogP contribution < -0.4 is 21.5 Å². The first kappa shape index (κ1) is 25.1. The monoisotopic (exact) mass is 510 g/mol. The zero-order chi connectivity index (χ0) is 26.0. The lowest BCUT2D eigenvalue weighted by atomic mass is 10.0. The number of amides is 3. The van der Waals surface area contributed by atoms with Gasteiger partial charge in [0.05, 0.1) is 28.6 Å². The van der Waals surface area contributed by atoms with E-state index in [0.29, 0.717) is 17.3 Å². The van der Waals surface area contributed by atoms with Gasteiger partial charge in [-0.25, -0.2) is 4.39 Å². The molecule has 0 bridgehead atoms. The van der Waals surface area contributed by atoms with Crippen molar-refractivity contribution in [1.82, 2.24) is 9.88 Å². The topological polar surface area (TPSA) is 109 Å². The Morgan fingerprint density at radius 1 is 1.00 bits per heavy atom. The summed E-state index contributed by atoms with van der Waals surface area (Å²) in [6, 6.07) is 14.9. The number of rotatable bonds is 7. The predicted molar refractivity (Wildman–Crippen MR) is 134 cm³/mol. The van der Waals surface area contributed by atoms with Crippen molar-refractivity contribution in [1.29, 1.82) is 0 Å². The summed E-state index contributed by atoms with van der Waals surface area (Å²) in [5.74, 6) is -4.37. The summed E-state index contributed by atoms with van der Waals surface area (Å²) >= 11 is 5.89. The zero-order valence-electron chi connectivity index (χ0n) is 19.5. The van der Waals surface area contributed by atoms with Crippen LogP contribution in [0.15, 0.2) is 71.7 Å². The SMILES string of the molecule is CCNC(=O)C1(C)[C@H](C(=O)Nc2ccc(Cl)cc2)[C@@H]1C(=O)Nc1ccc(-n2ccccc2=O)cc1F. The van der Waals surface area contributed by atoms with Gasteiger partial charge < -0.3 is 16.0 Å². The number of carbonyl (C=O) groups is 3. The summed E-state index contributed by atoms with van der Waals surface area (Å²) < 4.78 is 16.1. The van der Waals surface area contributed by atoms with Gasteiger partial charge in [0.15, 0.2) is 0 Å². The van der Waals surface area contributed by atoms with Crippen LogP contribution in [0.3, 0.4) is 0 Å². The molecule has 1 unspecified atom stereocenters. The average molecular weight is 511 g/mol. The number of benzene rings is 2. The van der Waals surface area contributed by atoms with Crippen LogP contribution in [0.5, 0.6) is 0 Å². The van der Waals surface area contributed by atoms with E-state index in [1.54, 1.807) is 43.3 Å². The summed E-state index contributed by atoms with van der Waals surface area (Å²) in [6.45, 7) is 3.59. The number of halogens is 2. The van der Waals surface area contributed by atoms with E-state index in [2.05, 4.69) is 16.0 Å². The van der Waals surface area contributed by atoms with E-state index in [4.69, 9.17) is 11.6 Å². The molecule has 0 saturated heterocycles. The van der Waals surface area contributed by atoms with E-state index in [0.717, 1.165) is 6.07 Å². The van der Waals surface area contributed by atoms with Crippen molar-refractivity contribution < 1.29 is 18.8 Å². The maximum Gasteiger partial charge on any atom is 0.255 e. The van der Waals surface area contributed by atoms with Crippen LogP contribution in [0, 0.1) is 23.1 Å². The number of nitrogens with zero attached hydrogens (tertiary/aromatic N) is 1. The maximum atomic E-state index is 14.9. The fourth-order valence-corrected chi connectivity index (χ4v) is 4.48. The average Bonchev–Trinajstić information content (AvgIpc) is 3.50. The van der Waals surface area contributed by atoms with Crippen LogP contribution in [-0.4, -0.2) is 28.8 Å². The summed E-state index contributed by atoms with van der Waals surface area (Å²) in [5.41, 5.74) is -1.03. The van der Waals surface area contributed by atoms with Crippen LogP contribution in [-0.2, 0) is 14.4 Å². The Hall–Kier alpha value is -3.98. The third kappa shape index (κ3) is 4.74. The Morgan fingerprint density at radius 2 is 1.67 bits per heavy atom. The van der Waals surface area contributed by atoms with Gasteiger partial charge in [0.25, 0.3) is 5.56 Å². The van der Waals surface area contributed by atoms with Crippen molar-refractivity contribution in [3.8, 4) is 5.69 Å². The molecule has 1 saturated carbocycles. The first-order valence-corrected chi connectivity index (χ1v) is 11.7. The first-order chi connectivity index (χ1) is 17.2. The van der Waals surface area contributed by atoms with E-state index in [-0.39, 0.29) is 16.9 Å². The Morgan fingerprint density at radius 3 is 2.28 bits per heavy atom. The van der Waals surface area contributed by atoms with Gasteiger partial charge in [0, 0.05) is 35.6 Å². The van der Waals surface area contributed by atoms with E-state index in [1.807, 2.05) is 0 Å². The third-order valence-electron chi connectivity index (χ3n) is 6.33. The van der Waals surface area contributed by atoms with E-state index < -0.39 is 40.8 Å². The van der Waals surface area contributed by atoms with Crippen molar-refractivity contribution in [2.45, 2.75) is 13.8 Å². The van der Waals surface area contributed by atoms with Crippen molar-refractivity contribution in [3.63, 3.8) is 0 Å². The molecule has 0 spiro atoms. The maximum absolute atomic E-state index is 14.9. The lowest BCUT2D eigenvalue weighted by Gasteiger charge is -2.12. The Kier molecular flexibility index (Phi) is 6.94. The molecular formula is C26H24ClFN4O4. The molecular weight excluding hydrogens is 487 g/mol. The summed E-state index contributed by atoms with van der Waals surface area (Å²) in [7, 11) is 0. The van der Waals surface area contributed by atoms with Gasteiger partial charge >= 0.3 is 0 Å². The number of hydrogen-bond donors (Lipinski definition) is 3. The van der Waals surface area contributed by atoms with E-state index in [9.17, 15) is 23.6 Å². The highest BCUT2D eigenvalue weighted by Gasteiger charge is 2.72. The molecule has 3 aromatic rings. The number of anilines is 2. The molecule has 1 fully saturated rings. The Balaban J connectivity index is 1.55. The minimum absolute atomic E-state index is 0.130. The van der Waals surface area contributed by atoms with E-state index in [1.165, 1.54) is 35.9 Å². The molecule has 1 aliphatic rings. The first-order valence-electron chi connectivity index (χ1n) is 11.3. The number of hydrogen-bond acceptors (Lipinski definition) is 4. The highest BCUT2D eigenvalue weighted by molar-refractivity contribution is 6.30. The van der Waals surface area contributed by atoms with Crippen LogP contribution >= 0.6 is 11.6 Å². The molecule has 186 valence electrons. The molecule has 36 heavy (non-hydrogen) atoms. The fourth-order valence-electron chi connectivity index (χ4n) is 4.35. The number of carbonyl (C=O) groups excluding carboxylic acids is 3. The molecule has 10 heteroatoms. The van der Waals surface area contributed by atoms with E-state index >= 15 is 0 Å². The van der Waals surface area contributed by atoms with Crippen LogP contribution in [0.1, 0.15) is 13.8 Å². The van der Waals surface area contributed by atoms with Crippen LogP contribution in [0.2, 0.25) is 5.02 Å². The standard InChI is InChI=1S/C26H24ClFN4O4/c1-3-29-25(36)26(2)21(23(34)30-16-9-7-15(27)8-10-16)22(26)24(35)31-19-12-11-17(14-18(19)28)32-13-5-4-6-20(32)33/h4-14,21-22H,3H2,1-2H3,(H,29,36)(H,30,34)(H,31,35)/t21-,22+,26?/m0/s1. The van der Waals surface area contributed by atoms with Gasteiger partial charge in [-0.3, -0.25) is 23.7 Å². The highest BCUT2D eigenvalue weighted by atomic mass is 35.5. The summed E-state index contributed by atoms with van der Waals surface area (Å²) in [5, 5.41) is 8.37. The Labute approximate surface area is 211 Å². The predicted octanol–water partition coefficient (Wildman–Crippen LogP) is 3.60. The molecule has 2 aromatic carbocycles. The summed E-state index contributed by atoms with van der Waals surface area (Å²) in [6.07, 6.45) is 1.50. The second kappa shape index (κ2) is 9.94. The van der Waals surface area contributed by atoms with Crippen LogP contribution in [0.25, 0.3) is 5.69 Å². The fraction of sp³-hybridized carbons (Fsp3) is 0.231. The molecule has 4 rings (SSSR count). The second-order valence-corrected chi connectivity index (χ2v) is 9.09. The van der Waals surface area contributed by atoms with Gasteiger partial charge in [-0.05, 0) is 56.3 Å². The van der Waals surface area contributed by atoms with Crippen molar-refractivity contribution in [2.75, 3.05) is 17.2 Å². The van der Waals surface area contributed by atoms with Gasteiger partial charge in [-0.15, -0.1) is 0 Å². The highest BCUT2D eigenvalue weighted by Crippen LogP contribution is 2.59. The van der Waals surface area contributed by atoms with Crippen LogP contribution in [0.4, 0.5) is 15.8 Å². The smallest absolute Gasteiger partial charge is 0.255 e. The molecule has 1 aliphatic carbocycles. The zero-order valence-corrected chi connectivity index (χ0v) is 20.3. The molecule has 3 atom stereocenters. The number of nitrogens with one attached hydrogen (secondary N) is 3. The van der Waals surface area contributed by atoms with Crippen molar-refractivity contribution in [3.05, 3.63) is 88.1 Å². The minimum Gasteiger partial charge on any atom is -0.356 e. The quantitative estimate of drug-likeness (QED) is 0.451. The number of aromatic nitrogens is 1. The van der Waals surface area contributed by atoms with Crippen molar-refractivity contribution in [2.24, 2.45) is 17.3 Å². The Bertz CT molecular complexity index is 1390. The molecule has 3 amide bonds. The molecule has 1 aromatic heterocycles. The van der Waals surface area contributed by atoms with Gasteiger partial charge in [0.2, 0.25) is 17.7 Å². The lowest BCUT2D eigenvalue weighted by molar-refractivity contribution is -0.129. The van der Waals surface area contributed by atoms with Gasteiger partial charge in [0.1, 0.15) is 5.82 Å². The van der Waals surface area contributed by atoms with Crippen molar-refractivity contribution >= 4 is 40.7 Å². The molecule has 0 radical (unpaired) electrons. The normalized spacial score (nSPS) is 20.3. The van der Waals surface area contributed by atoms with Gasteiger partial charge in [-0.1, -0.05) is 17.7 Å². The molecule has 1 heterocycles. The third-order valence-corrected chi connectivity index (χ3v) is 6.58. The lowest BCUT2D eigenvalue weighted by Crippen LogP contribution is -2.34. The second-order valence-electron chi connectivity index (χ2n) is 8.66. The summed E-state index contributed by atoms with van der Waals surface area (Å²) in [4.78, 5) is 51.0. The number of pyridine rings is 1. The molecule has 3 N–H and O–H groups in total. The molecule has 0 aliphatic heterocycles.